The van der Waals surface area contributed by atoms with E-state index in [1.165, 1.54) is 31.4 Å². The van der Waals surface area contributed by atoms with Crippen LogP contribution in [0.4, 0.5) is 5.69 Å². The Bertz CT molecular complexity index is 1280. The molecule has 2 aromatic carbocycles. The van der Waals surface area contributed by atoms with Gasteiger partial charge in [-0.3, -0.25) is 14.8 Å². The van der Waals surface area contributed by atoms with Crippen LogP contribution in [0, 0.1) is 5.21 Å². The maximum absolute atomic E-state index is 14.0. The summed E-state index contributed by atoms with van der Waals surface area (Å²) in [6, 6.07) is 13.7. The van der Waals surface area contributed by atoms with E-state index in [1.54, 1.807) is 17.0 Å². The number of anilines is 1. The maximum Gasteiger partial charge on any atom is 0.246 e. The first-order chi connectivity index (χ1) is 17.5. The molecule has 2 N–H and O–H groups in total. The van der Waals surface area contributed by atoms with E-state index < -0.39 is 12.1 Å². The van der Waals surface area contributed by atoms with Gasteiger partial charge in [0.1, 0.15) is 12.6 Å². The third-order valence-corrected chi connectivity index (χ3v) is 8.24. The number of rotatable bonds is 3. The SMILES string of the molecule is O=C1C2Cc3c([nH]c4ccccc34)C(c3ccc(N([O-])O)cc3)N2C(=O)CN1C1CCCCCCC1. The van der Waals surface area contributed by atoms with Crippen LogP contribution in [0.25, 0.3) is 10.9 Å². The summed E-state index contributed by atoms with van der Waals surface area (Å²) in [5.41, 5.74) is 3.85. The summed E-state index contributed by atoms with van der Waals surface area (Å²) < 4.78 is 0. The maximum atomic E-state index is 14.0. The molecule has 8 heteroatoms. The van der Waals surface area contributed by atoms with Crippen molar-refractivity contribution in [1.82, 2.24) is 14.8 Å². The number of hydrogen-bond acceptors (Lipinski definition) is 5. The smallest absolute Gasteiger partial charge is 0.246 e. The molecule has 6 rings (SSSR count). The zero-order valence-corrected chi connectivity index (χ0v) is 20.2. The number of nitrogens with zero attached hydrogens (tertiary/aromatic N) is 3. The summed E-state index contributed by atoms with van der Waals surface area (Å²) in [4.78, 5) is 35.0. The summed E-state index contributed by atoms with van der Waals surface area (Å²) in [5.74, 6) is -0.00790. The molecule has 2 fully saturated rings. The minimum Gasteiger partial charge on any atom is -0.733 e. The largest absolute Gasteiger partial charge is 0.733 e. The van der Waals surface area contributed by atoms with Crippen molar-refractivity contribution in [3.8, 4) is 0 Å². The molecule has 2 aliphatic heterocycles. The summed E-state index contributed by atoms with van der Waals surface area (Å²) in [5, 5.41) is 21.5. The van der Waals surface area contributed by atoms with Gasteiger partial charge < -0.3 is 25.2 Å². The average Bonchev–Trinajstić information content (AvgIpc) is 3.23. The van der Waals surface area contributed by atoms with E-state index in [2.05, 4.69) is 11.1 Å². The Morgan fingerprint density at radius 3 is 2.36 bits per heavy atom. The van der Waals surface area contributed by atoms with Crippen molar-refractivity contribution >= 4 is 28.4 Å². The first-order valence-electron chi connectivity index (χ1n) is 13.0. The Balaban J connectivity index is 1.43. The Morgan fingerprint density at radius 2 is 1.64 bits per heavy atom. The summed E-state index contributed by atoms with van der Waals surface area (Å²) >= 11 is 0. The summed E-state index contributed by atoms with van der Waals surface area (Å²) in [7, 11) is 0. The van der Waals surface area contributed by atoms with Crippen molar-refractivity contribution in [2.24, 2.45) is 0 Å². The van der Waals surface area contributed by atoms with Gasteiger partial charge in [0.2, 0.25) is 11.8 Å². The van der Waals surface area contributed by atoms with Crippen LogP contribution in [0.15, 0.2) is 48.5 Å². The van der Waals surface area contributed by atoms with Crippen molar-refractivity contribution in [2.45, 2.75) is 69.5 Å². The van der Waals surface area contributed by atoms with E-state index in [0.717, 1.165) is 53.4 Å². The minimum atomic E-state index is -0.568. The Labute approximate surface area is 210 Å². The second-order valence-electron chi connectivity index (χ2n) is 10.3. The van der Waals surface area contributed by atoms with E-state index >= 15 is 0 Å². The lowest BCUT2D eigenvalue weighted by Crippen LogP contribution is -2.64. The van der Waals surface area contributed by atoms with Crippen molar-refractivity contribution in [2.75, 3.05) is 11.8 Å². The van der Waals surface area contributed by atoms with Crippen molar-refractivity contribution < 1.29 is 14.8 Å². The minimum absolute atomic E-state index is 0.0406. The van der Waals surface area contributed by atoms with Gasteiger partial charge >= 0.3 is 0 Å². The first kappa shape index (κ1) is 23.1. The van der Waals surface area contributed by atoms with Crippen molar-refractivity contribution in [1.29, 1.82) is 0 Å². The number of aromatic nitrogens is 1. The van der Waals surface area contributed by atoms with Crippen molar-refractivity contribution in [3.63, 3.8) is 0 Å². The fourth-order valence-corrected chi connectivity index (χ4v) is 6.47. The molecule has 1 aromatic heterocycles. The zero-order chi connectivity index (χ0) is 24.8. The Morgan fingerprint density at radius 1 is 0.944 bits per heavy atom. The second-order valence-corrected chi connectivity index (χ2v) is 10.3. The molecule has 0 spiro atoms. The highest BCUT2D eigenvalue weighted by molar-refractivity contribution is 5.97. The van der Waals surface area contributed by atoms with Gasteiger partial charge in [-0.05, 0) is 42.2 Å². The zero-order valence-electron chi connectivity index (χ0n) is 20.2. The van der Waals surface area contributed by atoms with E-state index in [-0.39, 0.29) is 35.3 Å². The fraction of sp³-hybridized carbons (Fsp3) is 0.429. The fourth-order valence-electron chi connectivity index (χ4n) is 6.47. The van der Waals surface area contributed by atoms with Gasteiger partial charge in [-0.25, -0.2) is 0 Å². The molecule has 1 aliphatic carbocycles. The van der Waals surface area contributed by atoms with E-state index in [1.807, 2.05) is 23.1 Å². The summed E-state index contributed by atoms with van der Waals surface area (Å²) in [6.07, 6.45) is 8.22. The predicted octanol–water partition coefficient (Wildman–Crippen LogP) is 4.66. The van der Waals surface area contributed by atoms with Crippen LogP contribution in [-0.4, -0.2) is 50.4 Å². The lowest BCUT2D eigenvalue weighted by Gasteiger charge is -2.49. The molecule has 1 saturated carbocycles. The van der Waals surface area contributed by atoms with Gasteiger partial charge in [0.15, 0.2) is 0 Å². The van der Waals surface area contributed by atoms with Crippen LogP contribution in [0.5, 0.6) is 0 Å². The van der Waals surface area contributed by atoms with Crippen LogP contribution >= 0.6 is 0 Å². The number of carbonyl (C=O) groups is 2. The molecule has 2 unspecified atom stereocenters. The standard InChI is InChI=1S/C28H31N4O4/c33-25-17-30(19-8-4-2-1-3-5-9-19)28(34)24-16-22-21-10-6-7-11-23(21)29-26(22)27(31(24)25)18-12-14-20(15-13-18)32(35)36/h6-7,10-15,19,24,27,29,35H,1-5,8-9,16-17H2/q-1. The molecule has 1 saturated heterocycles. The molecular weight excluding hydrogens is 456 g/mol. The quantitative estimate of drug-likeness (QED) is 0.523. The third-order valence-electron chi connectivity index (χ3n) is 8.24. The Hall–Kier alpha value is -3.36. The Kier molecular flexibility index (Phi) is 5.93. The summed E-state index contributed by atoms with van der Waals surface area (Å²) in [6.45, 7) is 0.106. The van der Waals surface area contributed by atoms with Crippen LogP contribution in [0.3, 0.4) is 0 Å². The predicted molar refractivity (Wildman–Crippen MR) is 136 cm³/mol. The van der Waals surface area contributed by atoms with Crippen LogP contribution in [-0.2, 0) is 16.0 Å². The topological polar surface area (TPSA) is 103 Å². The van der Waals surface area contributed by atoms with Gasteiger partial charge in [0.25, 0.3) is 0 Å². The molecule has 3 heterocycles. The number of nitrogens with one attached hydrogen (secondary N) is 1. The molecular formula is C28H31N4O4-. The van der Waals surface area contributed by atoms with Crippen LogP contribution < -0.4 is 5.23 Å². The molecule has 188 valence electrons. The average molecular weight is 488 g/mol. The van der Waals surface area contributed by atoms with Gasteiger partial charge in [-0.15, -0.1) is 0 Å². The number of fused-ring (bicyclic) bond motifs is 4. The van der Waals surface area contributed by atoms with Gasteiger partial charge in [-0.2, -0.15) is 0 Å². The number of benzene rings is 2. The number of hydrogen-bond donors (Lipinski definition) is 2. The first-order valence-corrected chi connectivity index (χ1v) is 13.0. The number of para-hydroxylation sites is 1. The van der Waals surface area contributed by atoms with Gasteiger partial charge in [-0.1, -0.05) is 62.4 Å². The van der Waals surface area contributed by atoms with Crippen LogP contribution in [0.1, 0.15) is 67.8 Å². The van der Waals surface area contributed by atoms with E-state index in [9.17, 15) is 20.0 Å². The normalized spacial score (nSPS) is 23.3. The molecule has 2 atom stereocenters. The molecule has 0 radical (unpaired) electrons. The number of carbonyl (C=O) groups excluding carboxylic acids is 2. The second kappa shape index (κ2) is 9.26. The molecule has 2 amide bonds. The number of H-pyrrole nitrogens is 1. The number of aromatic amines is 1. The lowest BCUT2D eigenvalue weighted by atomic mass is 9.85. The van der Waals surface area contributed by atoms with Crippen molar-refractivity contribution in [3.05, 3.63) is 70.6 Å². The molecule has 3 aliphatic rings. The molecule has 36 heavy (non-hydrogen) atoms. The highest BCUT2D eigenvalue weighted by atomic mass is 16.8. The highest BCUT2D eigenvalue weighted by Gasteiger charge is 2.49. The van der Waals surface area contributed by atoms with Crippen LogP contribution in [0.2, 0.25) is 0 Å². The van der Waals surface area contributed by atoms with Gasteiger partial charge in [0.05, 0.1) is 11.7 Å². The van der Waals surface area contributed by atoms with E-state index in [4.69, 9.17) is 0 Å². The highest BCUT2D eigenvalue weighted by Crippen LogP contribution is 2.43. The van der Waals surface area contributed by atoms with Gasteiger partial charge in [0, 0.05) is 29.1 Å². The number of amides is 2. The molecule has 0 bridgehead atoms. The van der Waals surface area contributed by atoms with E-state index in [0.29, 0.717) is 6.42 Å². The molecule has 3 aromatic rings. The third kappa shape index (κ3) is 3.85. The molecule has 8 nitrogen and oxygen atoms in total. The monoisotopic (exact) mass is 487 g/mol. The lowest BCUT2D eigenvalue weighted by molar-refractivity contribution is -0.161. The number of piperazine rings is 1.